The van der Waals surface area contributed by atoms with Crippen LogP contribution in [0.2, 0.25) is 5.02 Å². The molecule has 0 aliphatic heterocycles. The van der Waals surface area contributed by atoms with Gasteiger partial charge < -0.3 is 10.4 Å². The van der Waals surface area contributed by atoms with Crippen LogP contribution in [0.4, 0.5) is 10.1 Å². The van der Waals surface area contributed by atoms with Crippen LogP contribution in [0.1, 0.15) is 10.4 Å². The Kier molecular flexibility index (Phi) is 3.48. The van der Waals surface area contributed by atoms with Gasteiger partial charge in [-0.1, -0.05) is 11.6 Å². The number of phenols is 1. The Morgan fingerprint density at radius 3 is 2.50 bits per heavy atom. The van der Waals surface area contributed by atoms with Gasteiger partial charge in [-0.2, -0.15) is 0 Å². The van der Waals surface area contributed by atoms with Gasteiger partial charge in [0.05, 0.1) is 10.7 Å². The zero-order chi connectivity index (χ0) is 13.1. The molecule has 0 unspecified atom stereocenters. The zero-order valence-electron chi connectivity index (χ0n) is 9.15. The monoisotopic (exact) mass is 265 g/mol. The first-order valence-corrected chi connectivity index (χ1v) is 5.49. The van der Waals surface area contributed by atoms with Crippen molar-refractivity contribution >= 4 is 23.2 Å². The molecule has 92 valence electrons. The largest absolute Gasteiger partial charge is 0.508 e. The summed E-state index contributed by atoms with van der Waals surface area (Å²) in [4.78, 5) is 11.8. The Hall–Kier alpha value is -2.07. The molecule has 0 atom stereocenters. The molecule has 0 bridgehead atoms. The molecule has 2 aromatic rings. The first-order valence-electron chi connectivity index (χ1n) is 5.12. The van der Waals surface area contributed by atoms with Gasteiger partial charge in [-0.05, 0) is 42.5 Å². The van der Waals surface area contributed by atoms with E-state index < -0.39 is 11.7 Å². The van der Waals surface area contributed by atoms with E-state index >= 15 is 0 Å². The number of anilines is 1. The first-order chi connectivity index (χ1) is 8.56. The smallest absolute Gasteiger partial charge is 0.255 e. The van der Waals surface area contributed by atoms with Crippen molar-refractivity contribution in [3.63, 3.8) is 0 Å². The minimum atomic E-state index is -0.486. The maximum Gasteiger partial charge on any atom is 0.255 e. The Morgan fingerprint density at radius 1 is 1.17 bits per heavy atom. The van der Waals surface area contributed by atoms with Crippen LogP contribution in [0.3, 0.4) is 0 Å². The van der Waals surface area contributed by atoms with E-state index in [1.807, 2.05) is 0 Å². The molecule has 0 aliphatic carbocycles. The second-order valence-electron chi connectivity index (χ2n) is 3.63. The van der Waals surface area contributed by atoms with E-state index in [9.17, 15) is 9.18 Å². The summed E-state index contributed by atoms with van der Waals surface area (Å²) in [5, 5.41) is 11.9. The normalized spacial score (nSPS) is 10.1. The summed E-state index contributed by atoms with van der Waals surface area (Å²) >= 11 is 5.83. The Labute approximate surface area is 108 Å². The van der Waals surface area contributed by atoms with Crippen molar-refractivity contribution in [3.05, 3.63) is 58.9 Å². The molecule has 0 heterocycles. The molecule has 5 heteroatoms. The highest BCUT2D eigenvalue weighted by Gasteiger charge is 2.09. The van der Waals surface area contributed by atoms with Gasteiger partial charge in [-0.3, -0.25) is 4.79 Å². The molecule has 18 heavy (non-hydrogen) atoms. The number of rotatable bonds is 2. The molecule has 0 saturated heterocycles. The molecular formula is C13H9ClFNO2. The van der Waals surface area contributed by atoms with Crippen molar-refractivity contribution < 1.29 is 14.3 Å². The standard InChI is InChI=1S/C13H9ClFNO2/c14-11-6-3-9(15)7-12(11)16-13(18)8-1-4-10(17)5-2-8/h1-7,17H,(H,16,18). The summed E-state index contributed by atoms with van der Waals surface area (Å²) in [5.74, 6) is -0.849. The van der Waals surface area contributed by atoms with E-state index in [1.165, 1.54) is 36.4 Å². The molecule has 2 rings (SSSR count). The maximum atomic E-state index is 13.0. The highest BCUT2D eigenvalue weighted by Crippen LogP contribution is 2.23. The Balaban J connectivity index is 2.21. The Morgan fingerprint density at radius 2 is 1.83 bits per heavy atom. The predicted octanol–water partition coefficient (Wildman–Crippen LogP) is 3.44. The summed E-state index contributed by atoms with van der Waals surface area (Å²) in [5.41, 5.74) is 0.544. The van der Waals surface area contributed by atoms with Crippen LogP contribution in [0.25, 0.3) is 0 Å². The summed E-state index contributed by atoms with van der Waals surface area (Å²) < 4.78 is 13.0. The van der Waals surface area contributed by atoms with E-state index in [0.29, 0.717) is 5.56 Å². The molecule has 2 aromatic carbocycles. The van der Waals surface area contributed by atoms with Crippen LogP contribution in [0.15, 0.2) is 42.5 Å². The number of hydrogen-bond donors (Lipinski definition) is 2. The third-order valence-corrected chi connectivity index (χ3v) is 2.64. The van der Waals surface area contributed by atoms with Crippen LogP contribution in [0, 0.1) is 5.82 Å². The quantitative estimate of drug-likeness (QED) is 0.874. The van der Waals surface area contributed by atoms with Gasteiger partial charge in [0.2, 0.25) is 0 Å². The highest BCUT2D eigenvalue weighted by molar-refractivity contribution is 6.33. The van der Waals surface area contributed by atoms with Gasteiger partial charge in [0, 0.05) is 5.56 Å². The van der Waals surface area contributed by atoms with Crippen molar-refractivity contribution in [2.75, 3.05) is 5.32 Å². The van der Waals surface area contributed by atoms with Crippen molar-refractivity contribution in [1.82, 2.24) is 0 Å². The van der Waals surface area contributed by atoms with Crippen molar-refractivity contribution in [2.24, 2.45) is 0 Å². The maximum absolute atomic E-state index is 13.0. The number of aromatic hydroxyl groups is 1. The molecular weight excluding hydrogens is 257 g/mol. The minimum absolute atomic E-state index is 0.0651. The van der Waals surface area contributed by atoms with Gasteiger partial charge in [0.15, 0.2) is 0 Å². The number of amides is 1. The van der Waals surface area contributed by atoms with Gasteiger partial charge in [-0.25, -0.2) is 4.39 Å². The van der Waals surface area contributed by atoms with Crippen LogP contribution >= 0.6 is 11.6 Å². The van der Waals surface area contributed by atoms with Crippen molar-refractivity contribution in [2.45, 2.75) is 0 Å². The highest BCUT2D eigenvalue weighted by atomic mass is 35.5. The fourth-order valence-corrected chi connectivity index (χ4v) is 1.57. The van der Waals surface area contributed by atoms with Crippen molar-refractivity contribution in [1.29, 1.82) is 0 Å². The van der Waals surface area contributed by atoms with E-state index in [2.05, 4.69) is 5.32 Å². The molecule has 3 nitrogen and oxygen atoms in total. The molecule has 1 amide bonds. The van der Waals surface area contributed by atoms with E-state index in [0.717, 1.165) is 6.07 Å². The number of phenolic OH excluding ortho intramolecular Hbond substituents is 1. The first kappa shape index (κ1) is 12.4. The third kappa shape index (κ3) is 2.78. The SMILES string of the molecule is O=C(Nc1cc(F)ccc1Cl)c1ccc(O)cc1. The third-order valence-electron chi connectivity index (χ3n) is 2.31. The van der Waals surface area contributed by atoms with E-state index in [1.54, 1.807) is 0 Å². The molecule has 0 saturated carbocycles. The lowest BCUT2D eigenvalue weighted by atomic mass is 10.2. The summed E-state index contributed by atoms with van der Waals surface area (Å²) in [6, 6.07) is 9.41. The summed E-state index contributed by atoms with van der Waals surface area (Å²) in [6.45, 7) is 0. The van der Waals surface area contributed by atoms with Gasteiger partial charge in [0.25, 0.3) is 5.91 Å². The predicted molar refractivity (Wildman–Crippen MR) is 67.5 cm³/mol. The van der Waals surface area contributed by atoms with Crippen LogP contribution < -0.4 is 5.32 Å². The zero-order valence-corrected chi connectivity index (χ0v) is 9.91. The van der Waals surface area contributed by atoms with Crippen molar-refractivity contribution in [3.8, 4) is 5.75 Å². The number of carbonyl (C=O) groups is 1. The lowest BCUT2D eigenvalue weighted by molar-refractivity contribution is 0.102. The number of hydrogen-bond acceptors (Lipinski definition) is 2. The summed E-state index contributed by atoms with van der Waals surface area (Å²) in [6.07, 6.45) is 0. The van der Waals surface area contributed by atoms with Gasteiger partial charge in [0.1, 0.15) is 11.6 Å². The van der Waals surface area contributed by atoms with Crippen LogP contribution in [-0.4, -0.2) is 11.0 Å². The molecule has 0 fully saturated rings. The Bertz CT molecular complexity index is 584. The number of halogens is 2. The number of carbonyl (C=O) groups excluding carboxylic acids is 1. The molecule has 0 spiro atoms. The second kappa shape index (κ2) is 5.06. The average molecular weight is 266 g/mol. The van der Waals surface area contributed by atoms with E-state index in [4.69, 9.17) is 16.7 Å². The number of benzene rings is 2. The lowest BCUT2D eigenvalue weighted by Crippen LogP contribution is -2.12. The van der Waals surface area contributed by atoms with Crippen LogP contribution in [-0.2, 0) is 0 Å². The lowest BCUT2D eigenvalue weighted by Gasteiger charge is -2.07. The topological polar surface area (TPSA) is 49.3 Å². The van der Waals surface area contributed by atoms with Crippen LogP contribution in [0.5, 0.6) is 5.75 Å². The molecule has 2 N–H and O–H groups in total. The molecule has 0 aromatic heterocycles. The van der Waals surface area contributed by atoms with E-state index in [-0.39, 0.29) is 16.5 Å². The fraction of sp³-hybridized carbons (Fsp3) is 0. The fourth-order valence-electron chi connectivity index (χ4n) is 1.40. The summed E-state index contributed by atoms with van der Waals surface area (Å²) in [7, 11) is 0. The molecule has 0 aliphatic rings. The molecule has 0 radical (unpaired) electrons. The second-order valence-corrected chi connectivity index (χ2v) is 4.03. The average Bonchev–Trinajstić information content (AvgIpc) is 2.34. The minimum Gasteiger partial charge on any atom is -0.508 e. The van der Waals surface area contributed by atoms with Gasteiger partial charge in [-0.15, -0.1) is 0 Å². The van der Waals surface area contributed by atoms with Gasteiger partial charge >= 0.3 is 0 Å². The number of nitrogens with one attached hydrogen (secondary N) is 1.